The molecule has 0 unspecified atom stereocenters. The van der Waals surface area contributed by atoms with Crippen LogP contribution in [0.25, 0.3) is 5.65 Å². The Kier molecular flexibility index (Phi) is 3.33. The molecule has 1 aromatic carbocycles. The fraction of sp³-hybridized carbons (Fsp3) is 0.267. The van der Waals surface area contributed by atoms with Crippen molar-refractivity contribution in [2.24, 2.45) is 0 Å². The van der Waals surface area contributed by atoms with Gasteiger partial charge in [0.15, 0.2) is 11.5 Å². The van der Waals surface area contributed by atoms with Crippen molar-refractivity contribution < 1.29 is 0 Å². The molecule has 0 saturated carbocycles. The topological polar surface area (TPSA) is 46.3 Å². The minimum Gasteiger partial charge on any atom is -0.354 e. The van der Waals surface area contributed by atoms with E-state index in [1.807, 2.05) is 29.8 Å². The van der Waals surface area contributed by atoms with Crippen LogP contribution in [-0.4, -0.2) is 26.9 Å². The summed E-state index contributed by atoms with van der Waals surface area (Å²) in [5.41, 5.74) is 2.05. The predicted octanol–water partition coefficient (Wildman–Crippen LogP) is 2.32. The Hall–Kier alpha value is -2.43. The van der Waals surface area contributed by atoms with Gasteiger partial charge in [-0.15, -0.1) is 15.3 Å². The van der Waals surface area contributed by atoms with Crippen LogP contribution in [0.2, 0.25) is 0 Å². The molecule has 0 atom stereocenters. The average molecular weight is 267 g/mol. The Morgan fingerprint density at radius 3 is 2.60 bits per heavy atom. The van der Waals surface area contributed by atoms with E-state index in [9.17, 15) is 0 Å². The smallest absolute Gasteiger partial charge is 0.178 e. The Morgan fingerprint density at radius 1 is 1.05 bits per heavy atom. The third-order valence-corrected chi connectivity index (χ3v) is 3.28. The Labute approximate surface area is 117 Å². The summed E-state index contributed by atoms with van der Waals surface area (Å²) in [5, 5.41) is 12.9. The van der Waals surface area contributed by atoms with Gasteiger partial charge in [0, 0.05) is 20.0 Å². The SMILES string of the molecule is CCc1nnc2ccc(N(C)Cc3ccccc3)nn12. The molecule has 102 valence electrons. The van der Waals surface area contributed by atoms with Crippen LogP contribution in [-0.2, 0) is 13.0 Å². The average Bonchev–Trinajstić information content (AvgIpc) is 2.90. The number of benzene rings is 1. The van der Waals surface area contributed by atoms with E-state index in [-0.39, 0.29) is 0 Å². The van der Waals surface area contributed by atoms with Crippen molar-refractivity contribution in [1.82, 2.24) is 19.8 Å². The summed E-state index contributed by atoms with van der Waals surface area (Å²) in [6.45, 7) is 2.88. The highest BCUT2D eigenvalue weighted by molar-refractivity contribution is 5.45. The number of fused-ring (bicyclic) bond motifs is 1. The molecule has 2 heterocycles. The standard InChI is InChI=1S/C15H17N5/c1-3-13-16-17-14-9-10-15(18-20(13)14)19(2)11-12-7-5-4-6-8-12/h4-10H,3,11H2,1-2H3. The molecule has 0 amide bonds. The Morgan fingerprint density at radius 2 is 1.85 bits per heavy atom. The van der Waals surface area contributed by atoms with Crippen molar-refractivity contribution in [2.45, 2.75) is 19.9 Å². The van der Waals surface area contributed by atoms with Crippen molar-refractivity contribution in [2.75, 3.05) is 11.9 Å². The van der Waals surface area contributed by atoms with Gasteiger partial charge < -0.3 is 4.90 Å². The number of hydrogen-bond donors (Lipinski definition) is 0. The van der Waals surface area contributed by atoms with Crippen LogP contribution >= 0.6 is 0 Å². The van der Waals surface area contributed by atoms with Crippen LogP contribution in [0.5, 0.6) is 0 Å². The molecule has 3 rings (SSSR count). The molecule has 20 heavy (non-hydrogen) atoms. The number of nitrogens with zero attached hydrogens (tertiary/aromatic N) is 5. The number of hydrogen-bond acceptors (Lipinski definition) is 4. The van der Waals surface area contributed by atoms with Crippen molar-refractivity contribution in [3.05, 3.63) is 53.9 Å². The van der Waals surface area contributed by atoms with Crippen molar-refractivity contribution >= 4 is 11.5 Å². The maximum Gasteiger partial charge on any atom is 0.178 e. The van der Waals surface area contributed by atoms with E-state index in [0.717, 1.165) is 30.3 Å². The van der Waals surface area contributed by atoms with E-state index >= 15 is 0 Å². The van der Waals surface area contributed by atoms with Gasteiger partial charge >= 0.3 is 0 Å². The van der Waals surface area contributed by atoms with Gasteiger partial charge in [0.25, 0.3) is 0 Å². The van der Waals surface area contributed by atoms with Crippen LogP contribution in [0.15, 0.2) is 42.5 Å². The minimum atomic E-state index is 0.790. The minimum absolute atomic E-state index is 0.790. The molecule has 0 bridgehead atoms. The van der Waals surface area contributed by atoms with Gasteiger partial charge in [-0.3, -0.25) is 0 Å². The lowest BCUT2D eigenvalue weighted by molar-refractivity contribution is 0.793. The van der Waals surface area contributed by atoms with Gasteiger partial charge in [-0.25, -0.2) is 0 Å². The van der Waals surface area contributed by atoms with Crippen LogP contribution in [0, 0.1) is 0 Å². The first-order valence-electron chi connectivity index (χ1n) is 6.74. The summed E-state index contributed by atoms with van der Waals surface area (Å²) in [5.74, 6) is 1.80. The highest BCUT2D eigenvalue weighted by Gasteiger charge is 2.08. The summed E-state index contributed by atoms with van der Waals surface area (Å²) in [6, 6.07) is 14.3. The van der Waals surface area contributed by atoms with E-state index in [4.69, 9.17) is 0 Å². The highest BCUT2D eigenvalue weighted by Crippen LogP contribution is 2.14. The Balaban J connectivity index is 1.89. The molecule has 0 aliphatic heterocycles. The first-order chi connectivity index (χ1) is 9.78. The molecule has 0 radical (unpaired) electrons. The van der Waals surface area contributed by atoms with Crippen molar-refractivity contribution in [3.8, 4) is 0 Å². The van der Waals surface area contributed by atoms with E-state index in [0.29, 0.717) is 0 Å². The Bertz CT molecular complexity index is 705. The maximum absolute atomic E-state index is 4.62. The van der Waals surface area contributed by atoms with Crippen LogP contribution < -0.4 is 4.90 Å². The first kappa shape index (κ1) is 12.6. The zero-order valence-electron chi connectivity index (χ0n) is 11.7. The lowest BCUT2D eigenvalue weighted by atomic mass is 10.2. The number of anilines is 1. The number of aromatic nitrogens is 4. The van der Waals surface area contributed by atoms with Crippen LogP contribution in [0.4, 0.5) is 5.82 Å². The highest BCUT2D eigenvalue weighted by atomic mass is 15.4. The van der Waals surface area contributed by atoms with E-state index < -0.39 is 0 Å². The molecule has 5 heteroatoms. The largest absolute Gasteiger partial charge is 0.354 e. The second kappa shape index (κ2) is 5.28. The van der Waals surface area contributed by atoms with Gasteiger partial charge in [-0.1, -0.05) is 37.3 Å². The molecular weight excluding hydrogens is 250 g/mol. The molecule has 2 aromatic heterocycles. The molecule has 0 aliphatic carbocycles. The summed E-state index contributed by atoms with van der Waals surface area (Å²) >= 11 is 0. The summed E-state index contributed by atoms with van der Waals surface area (Å²) in [4.78, 5) is 2.12. The van der Waals surface area contributed by atoms with E-state index in [2.05, 4.69) is 51.4 Å². The molecule has 0 fully saturated rings. The second-order valence-corrected chi connectivity index (χ2v) is 4.77. The van der Waals surface area contributed by atoms with Crippen LogP contribution in [0.3, 0.4) is 0 Å². The fourth-order valence-electron chi connectivity index (χ4n) is 2.19. The quantitative estimate of drug-likeness (QED) is 0.728. The summed E-state index contributed by atoms with van der Waals surface area (Å²) in [6.07, 6.45) is 0.819. The fourth-order valence-corrected chi connectivity index (χ4v) is 2.19. The second-order valence-electron chi connectivity index (χ2n) is 4.77. The normalized spacial score (nSPS) is 10.9. The summed E-state index contributed by atoms with van der Waals surface area (Å²) < 4.78 is 1.82. The number of rotatable bonds is 4. The molecule has 0 aliphatic rings. The van der Waals surface area contributed by atoms with E-state index in [1.54, 1.807) is 0 Å². The number of aryl methyl sites for hydroxylation is 1. The third-order valence-electron chi connectivity index (χ3n) is 3.28. The van der Waals surface area contributed by atoms with Gasteiger partial charge in [0.1, 0.15) is 5.82 Å². The molecule has 3 aromatic rings. The zero-order valence-corrected chi connectivity index (χ0v) is 11.7. The van der Waals surface area contributed by atoms with Crippen molar-refractivity contribution in [3.63, 3.8) is 0 Å². The lowest BCUT2D eigenvalue weighted by Gasteiger charge is -2.18. The lowest BCUT2D eigenvalue weighted by Crippen LogP contribution is -2.18. The maximum atomic E-state index is 4.62. The molecule has 0 N–H and O–H groups in total. The van der Waals surface area contributed by atoms with Gasteiger partial charge in [0.05, 0.1) is 0 Å². The van der Waals surface area contributed by atoms with Crippen molar-refractivity contribution in [1.29, 1.82) is 0 Å². The van der Waals surface area contributed by atoms with Gasteiger partial charge in [0.2, 0.25) is 0 Å². The van der Waals surface area contributed by atoms with Crippen LogP contribution in [0.1, 0.15) is 18.3 Å². The molecular formula is C15H17N5. The molecule has 5 nitrogen and oxygen atoms in total. The van der Waals surface area contributed by atoms with Gasteiger partial charge in [-0.05, 0) is 17.7 Å². The third kappa shape index (κ3) is 2.34. The zero-order chi connectivity index (χ0) is 13.9. The monoisotopic (exact) mass is 267 g/mol. The summed E-state index contributed by atoms with van der Waals surface area (Å²) in [7, 11) is 2.04. The molecule has 0 spiro atoms. The first-order valence-corrected chi connectivity index (χ1v) is 6.74. The predicted molar refractivity (Wildman–Crippen MR) is 78.7 cm³/mol. The van der Waals surface area contributed by atoms with E-state index in [1.165, 1.54) is 5.56 Å². The van der Waals surface area contributed by atoms with Gasteiger partial charge in [-0.2, -0.15) is 4.52 Å². The molecule has 0 saturated heterocycles.